The minimum absolute atomic E-state index is 0.0341. The molecular formula is C15H28N2O3. The summed E-state index contributed by atoms with van der Waals surface area (Å²) in [5.74, 6) is 0.220. The van der Waals surface area contributed by atoms with Gasteiger partial charge in [0.1, 0.15) is 0 Å². The average Bonchev–Trinajstić information content (AvgIpc) is 2.91. The first-order chi connectivity index (χ1) is 9.56. The quantitative estimate of drug-likeness (QED) is 0.711. The summed E-state index contributed by atoms with van der Waals surface area (Å²) in [4.78, 5) is 23.8. The lowest BCUT2D eigenvalue weighted by Gasteiger charge is -2.19. The van der Waals surface area contributed by atoms with Crippen LogP contribution in [0, 0.1) is 5.92 Å². The van der Waals surface area contributed by atoms with Gasteiger partial charge in [-0.1, -0.05) is 19.8 Å². The zero-order valence-corrected chi connectivity index (χ0v) is 12.9. The molecule has 2 N–H and O–H groups in total. The van der Waals surface area contributed by atoms with Crippen molar-refractivity contribution in [3.8, 4) is 0 Å². The molecule has 20 heavy (non-hydrogen) atoms. The van der Waals surface area contributed by atoms with Crippen LogP contribution in [0.2, 0.25) is 0 Å². The van der Waals surface area contributed by atoms with Gasteiger partial charge in [0.25, 0.3) is 0 Å². The summed E-state index contributed by atoms with van der Waals surface area (Å²) in [6, 6.07) is -0.0756. The topological polar surface area (TPSA) is 67.4 Å². The first-order valence-electron chi connectivity index (χ1n) is 7.65. The molecule has 0 aromatic rings. The van der Waals surface area contributed by atoms with Gasteiger partial charge in [-0.15, -0.1) is 0 Å². The number of nitrogens with one attached hydrogen (secondary N) is 2. The Morgan fingerprint density at radius 2 is 1.90 bits per heavy atom. The number of amides is 2. The Kier molecular flexibility index (Phi) is 7.59. The molecule has 1 saturated carbocycles. The van der Waals surface area contributed by atoms with Crippen molar-refractivity contribution in [2.45, 2.75) is 64.5 Å². The fourth-order valence-electron chi connectivity index (χ4n) is 2.63. The molecule has 0 aromatic heterocycles. The van der Waals surface area contributed by atoms with E-state index >= 15 is 0 Å². The molecule has 2 amide bonds. The van der Waals surface area contributed by atoms with Crippen molar-refractivity contribution in [3.63, 3.8) is 0 Å². The SMILES string of the molecule is CCC(COC)NC(=O)CC(C)NC(=O)C1CCCC1. The van der Waals surface area contributed by atoms with Gasteiger partial charge in [0.2, 0.25) is 11.8 Å². The van der Waals surface area contributed by atoms with Crippen LogP contribution >= 0.6 is 0 Å². The summed E-state index contributed by atoms with van der Waals surface area (Å²) >= 11 is 0. The van der Waals surface area contributed by atoms with E-state index < -0.39 is 0 Å². The normalized spacial score (nSPS) is 18.6. The van der Waals surface area contributed by atoms with Gasteiger partial charge in [-0.2, -0.15) is 0 Å². The lowest BCUT2D eigenvalue weighted by molar-refractivity contribution is -0.126. The zero-order chi connectivity index (χ0) is 15.0. The number of hydrogen-bond donors (Lipinski definition) is 2. The van der Waals surface area contributed by atoms with E-state index in [0.717, 1.165) is 32.1 Å². The smallest absolute Gasteiger partial charge is 0.223 e. The molecule has 0 bridgehead atoms. The molecule has 0 aliphatic heterocycles. The van der Waals surface area contributed by atoms with Gasteiger partial charge in [0.05, 0.1) is 12.6 Å². The second kappa shape index (κ2) is 8.95. The third-order valence-corrected chi connectivity index (χ3v) is 3.83. The van der Waals surface area contributed by atoms with E-state index in [2.05, 4.69) is 10.6 Å². The Morgan fingerprint density at radius 1 is 1.25 bits per heavy atom. The monoisotopic (exact) mass is 284 g/mol. The molecule has 1 aliphatic rings. The summed E-state index contributed by atoms with van der Waals surface area (Å²) < 4.78 is 5.05. The Balaban J connectivity index is 2.27. The fraction of sp³-hybridized carbons (Fsp3) is 0.867. The Bertz CT molecular complexity index is 314. The average molecular weight is 284 g/mol. The van der Waals surface area contributed by atoms with Crippen LogP contribution in [0.4, 0.5) is 0 Å². The minimum atomic E-state index is -0.122. The van der Waals surface area contributed by atoms with Crippen molar-refractivity contribution in [2.75, 3.05) is 13.7 Å². The van der Waals surface area contributed by atoms with E-state index in [1.54, 1.807) is 7.11 Å². The molecule has 0 aromatic carbocycles. The van der Waals surface area contributed by atoms with Crippen LogP contribution < -0.4 is 10.6 Å². The largest absolute Gasteiger partial charge is 0.383 e. The van der Waals surface area contributed by atoms with Crippen LogP contribution in [-0.2, 0) is 14.3 Å². The number of hydrogen-bond acceptors (Lipinski definition) is 3. The Labute approximate surface area is 121 Å². The van der Waals surface area contributed by atoms with E-state index in [1.165, 1.54) is 0 Å². The summed E-state index contributed by atoms with van der Waals surface area (Å²) in [7, 11) is 1.62. The van der Waals surface area contributed by atoms with Crippen molar-refractivity contribution >= 4 is 11.8 Å². The van der Waals surface area contributed by atoms with Crippen molar-refractivity contribution in [2.24, 2.45) is 5.92 Å². The number of carbonyl (C=O) groups excluding carboxylic acids is 2. The number of ether oxygens (including phenoxy) is 1. The van der Waals surface area contributed by atoms with Crippen molar-refractivity contribution in [1.29, 1.82) is 0 Å². The second-order valence-electron chi connectivity index (χ2n) is 5.72. The highest BCUT2D eigenvalue weighted by Crippen LogP contribution is 2.24. The van der Waals surface area contributed by atoms with Crippen molar-refractivity contribution in [1.82, 2.24) is 10.6 Å². The van der Waals surface area contributed by atoms with Crippen LogP contribution in [0.5, 0.6) is 0 Å². The predicted molar refractivity (Wildman–Crippen MR) is 78.3 cm³/mol. The third kappa shape index (κ3) is 5.90. The Hall–Kier alpha value is -1.10. The van der Waals surface area contributed by atoms with Crippen LogP contribution in [0.25, 0.3) is 0 Å². The second-order valence-corrected chi connectivity index (χ2v) is 5.72. The highest BCUT2D eigenvalue weighted by molar-refractivity contribution is 5.81. The van der Waals surface area contributed by atoms with Gasteiger partial charge in [-0.25, -0.2) is 0 Å². The van der Waals surface area contributed by atoms with Gasteiger partial charge in [0, 0.05) is 25.5 Å². The van der Waals surface area contributed by atoms with Gasteiger partial charge in [0.15, 0.2) is 0 Å². The van der Waals surface area contributed by atoms with E-state index in [9.17, 15) is 9.59 Å². The van der Waals surface area contributed by atoms with Gasteiger partial charge in [-0.05, 0) is 26.2 Å². The van der Waals surface area contributed by atoms with Crippen LogP contribution in [-0.4, -0.2) is 37.6 Å². The van der Waals surface area contributed by atoms with Crippen LogP contribution in [0.1, 0.15) is 52.4 Å². The van der Waals surface area contributed by atoms with Gasteiger partial charge >= 0.3 is 0 Å². The van der Waals surface area contributed by atoms with E-state index in [-0.39, 0.29) is 29.8 Å². The summed E-state index contributed by atoms with van der Waals surface area (Å²) in [5, 5.41) is 5.87. The number of carbonyl (C=O) groups is 2. The number of rotatable bonds is 8. The molecule has 0 saturated heterocycles. The molecule has 0 spiro atoms. The maximum atomic E-state index is 12.0. The first kappa shape index (κ1) is 17.0. The fourth-order valence-corrected chi connectivity index (χ4v) is 2.63. The highest BCUT2D eigenvalue weighted by Gasteiger charge is 2.24. The molecule has 5 heteroatoms. The zero-order valence-electron chi connectivity index (χ0n) is 12.9. The molecule has 0 radical (unpaired) electrons. The van der Waals surface area contributed by atoms with E-state index in [4.69, 9.17) is 4.74 Å². The molecule has 5 nitrogen and oxygen atoms in total. The van der Waals surface area contributed by atoms with Crippen LogP contribution in [0.15, 0.2) is 0 Å². The molecule has 116 valence electrons. The van der Waals surface area contributed by atoms with Gasteiger partial charge in [-0.3, -0.25) is 9.59 Å². The molecule has 2 unspecified atom stereocenters. The lowest BCUT2D eigenvalue weighted by Crippen LogP contribution is -2.43. The van der Waals surface area contributed by atoms with Crippen LogP contribution in [0.3, 0.4) is 0 Å². The molecule has 1 aliphatic carbocycles. The molecule has 2 atom stereocenters. The standard InChI is InChI=1S/C15H28N2O3/c1-4-13(10-20-3)17-14(18)9-11(2)16-15(19)12-7-5-6-8-12/h11-13H,4-10H2,1-3H3,(H,16,19)(H,17,18). The van der Waals surface area contributed by atoms with E-state index in [0.29, 0.717) is 13.0 Å². The molecular weight excluding hydrogens is 256 g/mol. The van der Waals surface area contributed by atoms with Crippen molar-refractivity contribution < 1.29 is 14.3 Å². The predicted octanol–water partition coefficient (Wildman–Crippen LogP) is 1.61. The summed E-state index contributed by atoms with van der Waals surface area (Å²) in [5.41, 5.74) is 0. The summed E-state index contributed by atoms with van der Waals surface area (Å²) in [6.45, 7) is 4.41. The molecule has 1 fully saturated rings. The highest BCUT2D eigenvalue weighted by atomic mass is 16.5. The van der Waals surface area contributed by atoms with Crippen molar-refractivity contribution in [3.05, 3.63) is 0 Å². The summed E-state index contributed by atoms with van der Waals surface area (Å²) in [6.07, 6.45) is 5.40. The lowest BCUT2D eigenvalue weighted by atomic mass is 10.1. The third-order valence-electron chi connectivity index (χ3n) is 3.83. The Morgan fingerprint density at radius 3 is 2.45 bits per heavy atom. The van der Waals surface area contributed by atoms with Gasteiger partial charge < -0.3 is 15.4 Å². The van der Waals surface area contributed by atoms with E-state index in [1.807, 2.05) is 13.8 Å². The number of methoxy groups -OCH3 is 1. The maximum absolute atomic E-state index is 12.0. The molecule has 1 rings (SSSR count). The first-order valence-corrected chi connectivity index (χ1v) is 7.65. The molecule has 0 heterocycles. The minimum Gasteiger partial charge on any atom is -0.383 e. The maximum Gasteiger partial charge on any atom is 0.223 e.